The molecule has 1 atom stereocenters. The Kier molecular flexibility index (Phi) is 4.98. The maximum absolute atomic E-state index is 12.7. The van der Waals surface area contributed by atoms with Crippen molar-refractivity contribution >= 4 is 11.9 Å². The normalized spacial score (nSPS) is 20.6. The summed E-state index contributed by atoms with van der Waals surface area (Å²) in [5, 5.41) is 9.17. The van der Waals surface area contributed by atoms with Crippen LogP contribution in [-0.4, -0.2) is 56.3 Å². The maximum Gasteiger partial charge on any atom is 0.307 e. The van der Waals surface area contributed by atoms with Crippen LogP contribution in [0.2, 0.25) is 0 Å². The van der Waals surface area contributed by atoms with E-state index in [1.165, 1.54) is 7.11 Å². The first kappa shape index (κ1) is 18.4. The van der Waals surface area contributed by atoms with E-state index in [9.17, 15) is 9.59 Å². The molecule has 1 aromatic carbocycles. The molecule has 1 N–H and O–H groups in total. The van der Waals surface area contributed by atoms with E-state index in [1.807, 2.05) is 4.90 Å². The van der Waals surface area contributed by atoms with Gasteiger partial charge in [0.2, 0.25) is 11.7 Å². The second kappa shape index (κ2) is 7.05. The standard InChI is InChI=1S/C19H25NO6/c1-24-14-8-12(9-15(25-2)17(14)26-3)10-16(21)20-6-4-19(5-7-20)11-13(19)18(22)23/h8-9,13H,4-7,10-11H2,1-3H3,(H,22,23). The molecule has 2 aliphatic rings. The molecule has 1 unspecified atom stereocenters. The van der Waals surface area contributed by atoms with Crippen LogP contribution in [0.3, 0.4) is 0 Å². The smallest absolute Gasteiger partial charge is 0.307 e. The lowest BCUT2D eigenvalue weighted by Crippen LogP contribution is -2.40. The van der Waals surface area contributed by atoms with Gasteiger partial charge in [0.15, 0.2) is 11.5 Å². The Bertz CT molecular complexity index is 683. The molecule has 0 bridgehead atoms. The number of ether oxygens (including phenoxy) is 3. The maximum atomic E-state index is 12.7. The van der Waals surface area contributed by atoms with Crippen molar-refractivity contribution < 1.29 is 28.9 Å². The van der Waals surface area contributed by atoms with Gasteiger partial charge in [-0.3, -0.25) is 9.59 Å². The van der Waals surface area contributed by atoms with Crippen molar-refractivity contribution in [1.29, 1.82) is 0 Å². The highest BCUT2D eigenvalue weighted by Gasteiger charge is 2.59. The van der Waals surface area contributed by atoms with Crippen LogP contribution in [-0.2, 0) is 16.0 Å². The van der Waals surface area contributed by atoms with Gasteiger partial charge < -0.3 is 24.2 Å². The van der Waals surface area contributed by atoms with Crippen molar-refractivity contribution in [3.63, 3.8) is 0 Å². The van der Waals surface area contributed by atoms with Crippen LogP contribution in [0, 0.1) is 11.3 Å². The molecule has 26 heavy (non-hydrogen) atoms. The van der Waals surface area contributed by atoms with Gasteiger partial charge in [0, 0.05) is 13.1 Å². The lowest BCUT2D eigenvalue weighted by molar-refractivity contribution is -0.139. The highest BCUT2D eigenvalue weighted by Crippen LogP contribution is 2.59. The zero-order valence-electron chi connectivity index (χ0n) is 15.4. The number of carbonyl (C=O) groups excluding carboxylic acids is 1. The van der Waals surface area contributed by atoms with Gasteiger partial charge in [0.05, 0.1) is 33.7 Å². The molecule has 1 saturated heterocycles. The summed E-state index contributed by atoms with van der Waals surface area (Å²) < 4.78 is 16.0. The monoisotopic (exact) mass is 363 g/mol. The van der Waals surface area contributed by atoms with E-state index in [0.29, 0.717) is 30.3 Å². The van der Waals surface area contributed by atoms with Crippen molar-refractivity contribution in [2.75, 3.05) is 34.4 Å². The van der Waals surface area contributed by atoms with E-state index in [2.05, 4.69) is 0 Å². The molecule has 1 saturated carbocycles. The summed E-state index contributed by atoms with van der Waals surface area (Å²) >= 11 is 0. The third kappa shape index (κ3) is 3.30. The number of aliphatic carboxylic acids is 1. The molecule has 1 amide bonds. The fourth-order valence-corrected chi connectivity index (χ4v) is 3.97. The van der Waals surface area contributed by atoms with Crippen LogP contribution < -0.4 is 14.2 Å². The van der Waals surface area contributed by atoms with Crippen LogP contribution in [0.25, 0.3) is 0 Å². The second-order valence-corrected chi connectivity index (χ2v) is 7.05. The van der Waals surface area contributed by atoms with E-state index < -0.39 is 5.97 Å². The number of likely N-dealkylation sites (tertiary alicyclic amines) is 1. The van der Waals surface area contributed by atoms with Crippen LogP contribution in [0.15, 0.2) is 12.1 Å². The van der Waals surface area contributed by atoms with Crippen LogP contribution in [0.5, 0.6) is 17.2 Å². The van der Waals surface area contributed by atoms with E-state index >= 15 is 0 Å². The quantitative estimate of drug-likeness (QED) is 0.832. The minimum atomic E-state index is -0.706. The first-order valence-corrected chi connectivity index (χ1v) is 8.73. The molecule has 1 aliphatic carbocycles. The van der Waals surface area contributed by atoms with E-state index in [1.54, 1.807) is 26.4 Å². The molecule has 7 nitrogen and oxygen atoms in total. The van der Waals surface area contributed by atoms with Gasteiger partial charge in [-0.2, -0.15) is 0 Å². The first-order chi connectivity index (χ1) is 12.4. The van der Waals surface area contributed by atoms with E-state index in [0.717, 1.165) is 24.8 Å². The summed E-state index contributed by atoms with van der Waals surface area (Å²) in [5.74, 6) is 0.641. The number of hydrogen-bond donors (Lipinski definition) is 1. The molecule has 1 heterocycles. The zero-order chi connectivity index (χ0) is 18.9. The number of hydrogen-bond acceptors (Lipinski definition) is 5. The lowest BCUT2D eigenvalue weighted by atomic mass is 9.90. The average molecular weight is 363 g/mol. The van der Waals surface area contributed by atoms with Gasteiger partial charge in [-0.15, -0.1) is 0 Å². The molecule has 3 rings (SSSR count). The fourth-order valence-electron chi connectivity index (χ4n) is 3.97. The summed E-state index contributed by atoms with van der Waals surface area (Å²) in [4.78, 5) is 25.6. The third-order valence-corrected chi connectivity index (χ3v) is 5.68. The Balaban J connectivity index is 1.65. The number of carbonyl (C=O) groups is 2. The second-order valence-electron chi connectivity index (χ2n) is 7.05. The number of carboxylic acids is 1. The Morgan fingerprint density at radius 1 is 1.12 bits per heavy atom. The number of nitrogens with zero attached hydrogens (tertiary/aromatic N) is 1. The SMILES string of the molecule is COc1cc(CC(=O)N2CCC3(CC2)CC3C(=O)O)cc(OC)c1OC. The number of rotatable bonds is 6. The molecule has 1 spiro atoms. The molecule has 1 aromatic rings. The third-order valence-electron chi connectivity index (χ3n) is 5.68. The van der Waals surface area contributed by atoms with Crippen molar-refractivity contribution in [3.05, 3.63) is 17.7 Å². The summed E-state index contributed by atoms with van der Waals surface area (Å²) in [6.45, 7) is 1.24. The predicted octanol–water partition coefficient (Wildman–Crippen LogP) is 1.97. The van der Waals surface area contributed by atoms with Gasteiger partial charge in [0.25, 0.3) is 0 Å². The van der Waals surface area contributed by atoms with Crippen LogP contribution in [0.4, 0.5) is 0 Å². The number of methoxy groups -OCH3 is 3. The Hall–Kier alpha value is -2.44. The van der Waals surface area contributed by atoms with Crippen molar-refractivity contribution in [3.8, 4) is 17.2 Å². The molecule has 7 heteroatoms. The van der Waals surface area contributed by atoms with E-state index in [-0.39, 0.29) is 23.7 Å². The Labute approximate surface area is 152 Å². The van der Waals surface area contributed by atoms with E-state index in [4.69, 9.17) is 19.3 Å². The molecule has 0 aromatic heterocycles. The van der Waals surface area contributed by atoms with Crippen molar-refractivity contribution in [1.82, 2.24) is 4.90 Å². The summed E-state index contributed by atoms with van der Waals surface area (Å²) in [6.07, 6.45) is 2.53. The van der Waals surface area contributed by atoms with Crippen molar-refractivity contribution in [2.45, 2.75) is 25.7 Å². The number of amides is 1. The molecule has 142 valence electrons. The van der Waals surface area contributed by atoms with Gasteiger partial charge in [-0.1, -0.05) is 0 Å². The molecular formula is C19H25NO6. The minimum absolute atomic E-state index is 0.0293. The topological polar surface area (TPSA) is 85.3 Å². The summed E-state index contributed by atoms with van der Waals surface area (Å²) in [6, 6.07) is 3.57. The van der Waals surface area contributed by atoms with Gasteiger partial charge in [0.1, 0.15) is 0 Å². The summed E-state index contributed by atoms with van der Waals surface area (Å²) in [7, 11) is 4.62. The number of carboxylic acid groups (broad SMARTS) is 1. The van der Waals surface area contributed by atoms with Gasteiger partial charge >= 0.3 is 5.97 Å². The summed E-state index contributed by atoms with van der Waals surface area (Å²) in [5.41, 5.74) is 0.717. The van der Waals surface area contributed by atoms with Crippen LogP contribution >= 0.6 is 0 Å². The van der Waals surface area contributed by atoms with Gasteiger partial charge in [-0.05, 0) is 42.4 Å². The lowest BCUT2D eigenvalue weighted by Gasteiger charge is -2.32. The minimum Gasteiger partial charge on any atom is -0.493 e. The van der Waals surface area contributed by atoms with Gasteiger partial charge in [-0.25, -0.2) is 0 Å². The first-order valence-electron chi connectivity index (χ1n) is 8.73. The zero-order valence-corrected chi connectivity index (χ0v) is 15.4. The highest BCUT2D eigenvalue weighted by atomic mass is 16.5. The fraction of sp³-hybridized carbons (Fsp3) is 0.579. The molecule has 0 radical (unpaired) electrons. The molecule has 1 aliphatic heterocycles. The molecular weight excluding hydrogens is 338 g/mol. The average Bonchev–Trinajstić information content (AvgIpc) is 3.35. The van der Waals surface area contributed by atoms with Crippen molar-refractivity contribution in [2.24, 2.45) is 11.3 Å². The largest absolute Gasteiger partial charge is 0.493 e. The predicted molar refractivity (Wildman–Crippen MR) is 93.8 cm³/mol. The highest BCUT2D eigenvalue weighted by molar-refractivity contribution is 5.80. The molecule has 2 fully saturated rings. The van der Waals surface area contributed by atoms with Crippen LogP contribution in [0.1, 0.15) is 24.8 Å². The number of piperidine rings is 1. The Morgan fingerprint density at radius 3 is 2.12 bits per heavy atom. The Morgan fingerprint density at radius 2 is 1.69 bits per heavy atom. The number of benzene rings is 1.